The molecule has 3 rings (SSSR count). The molecule has 1 amide bonds. The van der Waals surface area contributed by atoms with Gasteiger partial charge < -0.3 is 9.88 Å². The fourth-order valence-electron chi connectivity index (χ4n) is 3.24. The van der Waals surface area contributed by atoms with E-state index in [9.17, 15) is 10.1 Å². The molecule has 1 aromatic carbocycles. The predicted octanol–water partition coefficient (Wildman–Crippen LogP) is 3.96. The number of amides is 1. The molecule has 1 heterocycles. The second-order valence-corrected chi connectivity index (χ2v) is 8.62. The Bertz CT molecular complexity index is 852. The third kappa shape index (κ3) is 4.45. The molecule has 1 aromatic heterocycles. The number of hydrogen-bond donors (Lipinski definition) is 1. The zero-order valence-electron chi connectivity index (χ0n) is 15.4. The van der Waals surface area contributed by atoms with Gasteiger partial charge in [0.05, 0.1) is 11.3 Å². The lowest BCUT2D eigenvalue weighted by molar-refractivity contribution is -0.121. The second-order valence-electron chi connectivity index (χ2n) is 6.88. The van der Waals surface area contributed by atoms with Crippen LogP contribution in [0.3, 0.4) is 0 Å². The number of thioether (sulfide) groups is 1. The van der Waals surface area contributed by atoms with E-state index >= 15 is 0 Å². The van der Waals surface area contributed by atoms with Gasteiger partial charge in [-0.25, -0.2) is 0 Å². The van der Waals surface area contributed by atoms with Crippen LogP contribution >= 0.6 is 23.4 Å². The lowest BCUT2D eigenvalue weighted by Crippen LogP contribution is -2.50. The van der Waals surface area contributed by atoms with E-state index in [1.54, 1.807) is 12.1 Å². The highest BCUT2D eigenvalue weighted by Crippen LogP contribution is 2.30. The number of rotatable bonds is 5. The normalized spacial score (nSPS) is 17.1. The van der Waals surface area contributed by atoms with Crippen LogP contribution in [0.2, 0.25) is 5.02 Å². The molecule has 0 saturated heterocycles. The Morgan fingerprint density at radius 2 is 1.96 bits per heavy atom. The summed E-state index contributed by atoms with van der Waals surface area (Å²) in [6, 6.07) is 9.71. The molecule has 1 aliphatic rings. The zero-order valence-corrected chi connectivity index (χ0v) is 17.0. The third-order valence-corrected chi connectivity index (χ3v) is 6.26. The summed E-state index contributed by atoms with van der Waals surface area (Å²) in [4.78, 5) is 12.7. The average molecular weight is 404 g/mol. The van der Waals surface area contributed by atoms with Gasteiger partial charge in [0.15, 0.2) is 11.0 Å². The van der Waals surface area contributed by atoms with Crippen LogP contribution in [-0.4, -0.2) is 31.5 Å². The van der Waals surface area contributed by atoms with E-state index < -0.39 is 5.54 Å². The van der Waals surface area contributed by atoms with Gasteiger partial charge in [-0.05, 0) is 44.0 Å². The number of aromatic nitrogens is 3. The first-order valence-electron chi connectivity index (χ1n) is 8.99. The summed E-state index contributed by atoms with van der Waals surface area (Å²) >= 11 is 7.27. The first-order chi connectivity index (χ1) is 12.9. The van der Waals surface area contributed by atoms with Crippen molar-refractivity contribution >= 4 is 29.3 Å². The van der Waals surface area contributed by atoms with Crippen molar-refractivity contribution in [3.63, 3.8) is 0 Å². The lowest BCUT2D eigenvalue weighted by atomic mass is 9.83. The van der Waals surface area contributed by atoms with Crippen LogP contribution in [0.5, 0.6) is 0 Å². The smallest absolute Gasteiger partial charge is 0.234 e. The third-order valence-electron chi connectivity index (χ3n) is 4.87. The summed E-state index contributed by atoms with van der Waals surface area (Å²) in [6.07, 6.45) is 4.51. The van der Waals surface area contributed by atoms with Gasteiger partial charge in [0.25, 0.3) is 0 Å². The van der Waals surface area contributed by atoms with Crippen molar-refractivity contribution in [1.29, 1.82) is 5.26 Å². The van der Waals surface area contributed by atoms with Crippen LogP contribution in [0, 0.1) is 11.3 Å². The Balaban J connectivity index is 1.69. The fraction of sp³-hybridized carbons (Fsp3) is 0.474. The predicted molar refractivity (Wildman–Crippen MR) is 106 cm³/mol. The first-order valence-corrected chi connectivity index (χ1v) is 10.3. The van der Waals surface area contributed by atoms with Crippen molar-refractivity contribution in [3.8, 4) is 17.5 Å². The number of halogens is 1. The molecule has 142 valence electrons. The summed E-state index contributed by atoms with van der Waals surface area (Å²) in [5.41, 5.74) is 0.183. The van der Waals surface area contributed by atoms with Gasteiger partial charge >= 0.3 is 0 Å². The topological polar surface area (TPSA) is 83.6 Å². The number of nitrogens with zero attached hydrogens (tertiary/aromatic N) is 4. The summed E-state index contributed by atoms with van der Waals surface area (Å²) < 4.78 is 1.86. The molecule has 1 atom stereocenters. The minimum Gasteiger partial charge on any atom is -0.337 e. The van der Waals surface area contributed by atoms with E-state index in [2.05, 4.69) is 21.6 Å². The lowest BCUT2D eigenvalue weighted by Gasteiger charge is -2.32. The van der Waals surface area contributed by atoms with E-state index in [0.717, 1.165) is 37.7 Å². The largest absolute Gasteiger partial charge is 0.337 e. The molecule has 0 bridgehead atoms. The monoisotopic (exact) mass is 403 g/mol. The molecule has 1 fully saturated rings. The maximum Gasteiger partial charge on any atom is 0.234 e. The fourth-order valence-corrected chi connectivity index (χ4v) is 4.18. The van der Waals surface area contributed by atoms with Crippen molar-refractivity contribution in [2.45, 2.75) is 55.0 Å². The Labute approximate surface area is 168 Å². The van der Waals surface area contributed by atoms with Gasteiger partial charge in [-0.15, -0.1) is 10.2 Å². The quantitative estimate of drug-likeness (QED) is 0.764. The molecular formula is C19H22ClN5OS. The van der Waals surface area contributed by atoms with E-state index in [0.29, 0.717) is 16.0 Å². The molecule has 1 unspecified atom stereocenters. The van der Waals surface area contributed by atoms with E-state index in [4.69, 9.17) is 11.6 Å². The zero-order chi connectivity index (χ0) is 19.4. The van der Waals surface area contributed by atoms with Gasteiger partial charge in [-0.1, -0.05) is 42.6 Å². The molecule has 0 radical (unpaired) electrons. The minimum absolute atomic E-state index is 0.139. The Hall–Kier alpha value is -2.04. The van der Waals surface area contributed by atoms with Gasteiger partial charge in [0.2, 0.25) is 5.91 Å². The summed E-state index contributed by atoms with van der Waals surface area (Å²) in [6.45, 7) is 1.82. The molecule has 1 N–H and O–H groups in total. The van der Waals surface area contributed by atoms with Gasteiger partial charge in [0, 0.05) is 17.6 Å². The molecule has 1 aliphatic carbocycles. The Morgan fingerprint density at radius 3 is 2.59 bits per heavy atom. The van der Waals surface area contributed by atoms with Crippen molar-refractivity contribution in [2.24, 2.45) is 7.05 Å². The number of nitriles is 1. The van der Waals surface area contributed by atoms with Crippen molar-refractivity contribution in [1.82, 2.24) is 20.1 Å². The molecular weight excluding hydrogens is 382 g/mol. The number of nitrogens with one attached hydrogen (secondary N) is 1. The maximum atomic E-state index is 12.7. The van der Waals surface area contributed by atoms with Gasteiger partial charge in [-0.2, -0.15) is 5.26 Å². The summed E-state index contributed by atoms with van der Waals surface area (Å²) in [5, 5.41) is 21.9. The van der Waals surface area contributed by atoms with Crippen LogP contribution in [0.4, 0.5) is 0 Å². The van der Waals surface area contributed by atoms with Gasteiger partial charge in [0.1, 0.15) is 5.54 Å². The highest BCUT2D eigenvalue weighted by molar-refractivity contribution is 8.00. The van der Waals surface area contributed by atoms with Crippen molar-refractivity contribution < 1.29 is 4.79 Å². The minimum atomic E-state index is -0.724. The standard InChI is InChI=1S/C19H22ClN5OS/c1-13(17(26)22-19(12-21)10-4-3-5-11-19)27-18-24-23-16(25(18)2)14-6-8-15(20)9-7-14/h6-9,13H,3-5,10-11H2,1-2H3,(H,22,26). The van der Waals surface area contributed by atoms with Gasteiger partial charge in [-0.3, -0.25) is 4.79 Å². The second kappa shape index (κ2) is 8.32. The van der Waals surface area contributed by atoms with Crippen LogP contribution < -0.4 is 5.32 Å². The number of benzene rings is 1. The molecule has 1 saturated carbocycles. The molecule has 6 nitrogen and oxygen atoms in total. The average Bonchev–Trinajstić information content (AvgIpc) is 3.03. The number of carbonyl (C=O) groups is 1. The van der Waals surface area contributed by atoms with Crippen molar-refractivity contribution in [3.05, 3.63) is 29.3 Å². The number of hydrogen-bond acceptors (Lipinski definition) is 5. The molecule has 8 heteroatoms. The van der Waals surface area contributed by atoms with Crippen LogP contribution in [0.25, 0.3) is 11.4 Å². The number of carbonyl (C=O) groups excluding carboxylic acids is 1. The Morgan fingerprint density at radius 1 is 1.30 bits per heavy atom. The molecule has 2 aromatic rings. The van der Waals surface area contributed by atoms with Crippen LogP contribution in [0.15, 0.2) is 29.4 Å². The van der Waals surface area contributed by atoms with Crippen LogP contribution in [-0.2, 0) is 11.8 Å². The SMILES string of the molecule is CC(Sc1nnc(-c2ccc(Cl)cc2)n1C)C(=O)NC1(C#N)CCCCC1. The first kappa shape index (κ1) is 19.7. The summed E-state index contributed by atoms with van der Waals surface area (Å²) in [5.74, 6) is 0.571. The van der Waals surface area contributed by atoms with E-state index in [1.165, 1.54) is 11.8 Å². The Kier molecular flexibility index (Phi) is 6.08. The van der Waals surface area contributed by atoms with Crippen LogP contribution in [0.1, 0.15) is 39.0 Å². The van der Waals surface area contributed by atoms with E-state index in [-0.39, 0.29) is 11.2 Å². The maximum absolute atomic E-state index is 12.7. The van der Waals surface area contributed by atoms with Crippen molar-refractivity contribution in [2.75, 3.05) is 0 Å². The van der Waals surface area contributed by atoms with E-state index in [1.807, 2.05) is 30.7 Å². The highest BCUT2D eigenvalue weighted by atomic mass is 35.5. The molecule has 0 aliphatic heterocycles. The summed E-state index contributed by atoms with van der Waals surface area (Å²) in [7, 11) is 1.87. The molecule has 0 spiro atoms. The molecule has 27 heavy (non-hydrogen) atoms. The highest BCUT2D eigenvalue weighted by Gasteiger charge is 2.35.